The average molecular weight is 490 g/mol. The maximum atomic E-state index is 13.2. The van der Waals surface area contributed by atoms with Crippen molar-refractivity contribution >= 4 is 44.2 Å². The highest BCUT2D eigenvalue weighted by Gasteiger charge is 2.24. The number of fused-ring (bicyclic) bond motifs is 2. The van der Waals surface area contributed by atoms with Gasteiger partial charge in [-0.2, -0.15) is 5.26 Å². The summed E-state index contributed by atoms with van der Waals surface area (Å²) in [4.78, 5) is 26.8. The molecule has 0 aliphatic heterocycles. The Balaban J connectivity index is 1.87. The molecule has 150 valence electrons. The Hall–Kier alpha value is -3.48. The SMILES string of the molecule is CSc1nc(-c2ncoc2-c2ccc(Br)cc2)c(C#N)c2nc3ccccc3c(=O)n12. The molecule has 0 saturated heterocycles. The van der Waals surface area contributed by atoms with E-state index in [0.717, 1.165) is 10.0 Å². The summed E-state index contributed by atoms with van der Waals surface area (Å²) in [7, 11) is 0. The van der Waals surface area contributed by atoms with E-state index in [1.54, 1.807) is 24.3 Å². The van der Waals surface area contributed by atoms with E-state index in [2.05, 4.69) is 37.0 Å². The van der Waals surface area contributed by atoms with Gasteiger partial charge in [-0.1, -0.05) is 52.0 Å². The maximum absolute atomic E-state index is 13.2. The van der Waals surface area contributed by atoms with Crippen molar-refractivity contribution in [2.75, 3.05) is 6.26 Å². The second-order valence-electron chi connectivity index (χ2n) is 6.56. The molecule has 3 heterocycles. The lowest BCUT2D eigenvalue weighted by Gasteiger charge is -2.12. The van der Waals surface area contributed by atoms with Gasteiger partial charge in [0.05, 0.1) is 10.9 Å². The summed E-state index contributed by atoms with van der Waals surface area (Å²) in [5, 5.41) is 10.9. The van der Waals surface area contributed by atoms with Crippen LogP contribution in [0.2, 0.25) is 0 Å². The van der Waals surface area contributed by atoms with E-state index in [4.69, 9.17) is 4.42 Å². The van der Waals surface area contributed by atoms with Gasteiger partial charge in [-0.05, 0) is 30.5 Å². The molecule has 31 heavy (non-hydrogen) atoms. The van der Waals surface area contributed by atoms with Crippen molar-refractivity contribution < 1.29 is 4.42 Å². The Labute approximate surface area is 188 Å². The fourth-order valence-corrected chi connectivity index (χ4v) is 4.22. The normalized spacial score (nSPS) is 11.1. The highest BCUT2D eigenvalue weighted by molar-refractivity contribution is 9.10. The van der Waals surface area contributed by atoms with Gasteiger partial charge in [0.25, 0.3) is 5.56 Å². The van der Waals surface area contributed by atoms with Crippen LogP contribution in [0.4, 0.5) is 0 Å². The Morgan fingerprint density at radius 3 is 2.61 bits per heavy atom. The van der Waals surface area contributed by atoms with Crippen LogP contribution in [0.3, 0.4) is 0 Å². The van der Waals surface area contributed by atoms with Crippen LogP contribution in [0.5, 0.6) is 0 Å². The standard InChI is InChI=1S/C22H12BrN5O2S/c1-31-22-27-17(18-19(30-11-25-18)12-6-8-13(23)9-7-12)15(10-24)20-26-16-5-3-2-4-14(16)21(29)28(20)22/h2-9,11H,1H3. The summed E-state index contributed by atoms with van der Waals surface area (Å²) in [6, 6.07) is 16.8. The molecule has 0 atom stereocenters. The maximum Gasteiger partial charge on any atom is 0.267 e. The molecule has 0 radical (unpaired) electrons. The highest BCUT2D eigenvalue weighted by Crippen LogP contribution is 2.34. The third-order valence-electron chi connectivity index (χ3n) is 4.83. The smallest absolute Gasteiger partial charge is 0.267 e. The van der Waals surface area contributed by atoms with Crippen LogP contribution in [0.25, 0.3) is 39.3 Å². The molecule has 0 unspecified atom stereocenters. The number of halogens is 1. The van der Waals surface area contributed by atoms with Crippen molar-refractivity contribution in [3.05, 3.63) is 75.3 Å². The molecule has 0 spiro atoms. The number of oxazole rings is 1. The fraction of sp³-hybridized carbons (Fsp3) is 0.0455. The van der Waals surface area contributed by atoms with Gasteiger partial charge in [-0.3, -0.25) is 4.79 Å². The summed E-state index contributed by atoms with van der Waals surface area (Å²) in [6.07, 6.45) is 3.14. The molecule has 0 amide bonds. The van der Waals surface area contributed by atoms with Crippen LogP contribution in [-0.4, -0.2) is 25.6 Å². The van der Waals surface area contributed by atoms with Crippen LogP contribution in [0.1, 0.15) is 5.56 Å². The molecule has 2 aromatic carbocycles. The zero-order chi connectivity index (χ0) is 21.5. The molecule has 0 fully saturated rings. The summed E-state index contributed by atoms with van der Waals surface area (Å²) in [5.74, 6) is 0.482. The van der Waals surface area contributed by atoms with Gasteiger partial charge >= 0.3 is 0 Å². The molecule has 0 saturated carbocycles. The molecule has 0 bridgehead atoms. The van der Waals surface area contributed by atoms with E-state index in [1.165, 1.54) is 22.6 Å². The van der Waals surface area contributed by atoms with Gasteiger partial charge in [0, 0.05) is 10.0 Å². The third kappa shape index (κ3) is 3.12. The Morgan fingerprint density at radius 2 is 1.87 bits per heavy atom. The molecular formula is C22H12BrN5O2S. The Kier molecular flexibility index (Phi) is 4.81. The summed E-state index contributed by atoms with van der Waals surface area (Å²) in [6.45, 7) is 0. The predicted octanol–water partition coefficient (Wildman–Crippen LogP) is 4.92. The van der Waals surface area contributed by atoms with E-state index in [0.29, 0.717) is 33.2 Å². The van der Waals surface area contributed by atoms with Crippen molar-refractivity contribution in [3.8, 4) is 28.8 Å². The van der Waals surface area contributed by atoms with Crippen molar-refractivity contribution in [1.82, 2.24) is 19.4 Å². The van der Waals surface area contributed by atoms with Crippen molar-refractivity contribution in [3.63, 3.8) is 0 Å². The van der Waals surface area contributed by atoms with Crippen LogP contribution >= 0.6 is 27.7 Å². The first kappa shape index (κ1) is 19.5. The molecule has 0 N–H and O–H groups in total. The second kappa shape index (κ2) is 7.65. The zero-order valence-corrected chi connectivity index (χ0v) is 18.4. The highest BCUT2D eigenvalue weighted by atomic mass is 79.9. The van der Waals surface area contributed by atoms with Gasteiger partial charge in [-0.25, -0.2) is 19.4 Å². The number of aromatic nitrogens is 4. The number of nitrogens with zero attached hydrogens (tertiary/aromatic N) is 5. The minimum absolute atomic E-state index is 0.160. The van der Waals surface area contributed by atoms with E-state index in [1.807, 2.05) is 30.5 Å². The minimum atomic E-state index is -0.270. The van der Waals surface area contributed by atoms with Crippen molar-refractivity contribution in [2.45, 2.75) is 5.16 Å². The molecule has 0 aliphatic rings. The fourth-order valence-electron chi connectivity index (χ4n) is 3.42. The molecule has 0 aliphatic carbocycles. The van der Waals surface area contributed by atoms with Crippen molar-refractivity contribution in [1.29, 1.82) is 5.26 Å². The first-order valence-electron chi connectivity index (χ1n) is 9.11. The molecule has 7 nitrogen and oxygen atoms in total. The monoisotopic (exact) mass is 489 g/mol. The quantitative estimate of drug-likeness (QED) is 0.201. The molecule has 9 heteroatoms. The summed E-state index contributed by atoms with van der Waals surface area (Å²) < 4.78 is 7.97. The number of benzene rings is 2. The molecule has 5 aromatic rings. The number of para-hydroxylation sites is 1. The Morgan fingerprint density at radius 1 is 1.10 bits per heavy atom. The van der Waals surface area contributed by atoms with E-state index < -0.39 is 0 Å². The summed E-state index contributed by atoms with van der Waals surface area (Å²) >= 11 is 4.72. The minimum Gasteiger partial charge on any atom is -0.443 e. The van der Waals surface area contributed by atoms with Crippen LogP contribution in [0, 0.1) is 11.3 Å². The first-order chi connectivity index (χ1) is 15.1. The van der Waals surface area contributed by atoms with Crippen LogP contribution in [0.15, 0.2) is 73.8 Å². The largest absolute Gasteiger partial charge is 0.443 e. The number of thioether (sulfide) groups is 1. The first-order valence-corrected chi connectivity index (χ1v) is 11.1. The topological polar surface area (TPSA) is 97.1 Å². The van der Waals surface area contributed by atoms with Gasteiger partial charge < -0.3 is 4.42 Å². The van der Waals surface area contributed by atoms with Gasteiger partial charge in [-0.15, -0.1) is 0 Å². The lowest BCUT2D eigenvalue weighted by molar-refractivity contribution is 0.572. The van der Waals surface area contributed by atoms with Gasteiger partial charge in [0.15, 0.2) is 23.0 Å². The van der Waals surface area contributed by atoms with Gasteiger partial charge in [0.2, 0.25) is 0 Å². The van der Waals surface area contributed by atoms with Crippen LogP contribution in [-0.2, 0) is 0 Å². The number of hydrogen-bond donors (Lipinski definition) is 0. The second-order valence-corrected chi connectivity index (χ2v) is 8.25. The summed E-state index contributed by atoms with van der Waals surface area (Å²) in [5.41, 5.74) is 2.17. The zero-order valence-electron chi connectivity index (χ0n) is 16.0. The molecular weight excluding hydrogens is 478 g/mol. The van der Waals surface area contributed by atoms with Gasteiger partial charge in [0.1, 0.15) is 23.0 Å². The number of nitriles is 1. The predicted molar refractivity (Wildman–Crippen MR) is 122 cm³/mol. The lowest BCUT2D eigenvalue weighted by Crippen LogP contribution is -2.20. The molecule has 5 rings (SSSR count). The third-order valence-corrected chi connectivity index (χ3v) is 6.00. The van der Waals surface area contributed by atoms with Crippen LogP contribution < -0.4 is 5.56 Å². The van der Waals surface area contributed by atoms with E-state index in [9.17, 15) is 10.1 Å². The van der Waals surface area contributed by atoms with E-state index >= 15 is 0 Å². The van der Waals surface area contributed by atoms with E-state index in [-0.39, 0.29) is 16.8 Å². The number of hydrogen-bond acceptors (Lipinski definition) is 7. The van der Waals surface area contributed by atoms with Crippen molar-refractivity contribution in [2.24, 2.45) is 0 Å². The Bertz CT molecular complexity index is 1570. The number of rotatable bonds is 3. The molecule has 3 aromatic heterocycles. The lowest BCUT2D eigenvalue weighted by atomic mass is 10.1. The average Bonchev–Trinajstić information content (AvgIpc) is 3.28.